The van der Waals surface area contributed by atoms with E-state index in [0.29, 0.717) is 11.1 Å². The second-order valence-corrected chi connectivity index (χ2v) is 8.13. The van der Waals surface area contributed by atoms with E-state index in [0.717, 1.165) is 4.31 Å². The summed E-state index contributed by atoms with van der Waals surface area (Å²) in [7, 11) is -0.430. The van der Waals surface area contributed by atoms with Gasteiger partial charge in [0.15, 0.2) is 0 Å². The minimum Gasteiger partial charge on any atom is -0.379 e. The van der Waals surface area contributed by atoms with Crippen molar-refractivity contribution >= 4 is 15.9 Å². The van der Waals surface area contributed by atoms with Crippen LogP contribution >= 0.6 is 0 Å². The van der Waals surface area contributed by atoms with Crippen LogP contribution in [0.25, 0.3) is 0 Å². The standard InChI is InChI=1S/C15H21FN2O4S/c1-10-6-11(4-5-13(10)16)15(19)17-14-8-22-7-12(14)9-23(20,21)18(2)3/h4-6,12,14H,7-9H2,1-3H3,(H,17,19)/t12-,14-/m0/s1. The van der Waals surface area contributed by atoms with Crippen LogP contribution in [0.2, 0.25) is 0 Å². The van der Waals surface area contributed by atoms with Gasteiger partial charge in [-0.25, -0.2) is 17.1 Å². The Bertz CT molecular complexity index is 691. The molecule has 2 rings (SSSR count). The highest BCUT2D eigenvalue weighted by Gasteiger charge is 2.34. The van der Waals surface area contributed by atoms with E-state index in [1.165, 1.54) is 32.3 Å². The highest BCUT2D eigenvalue weighted by molar-refractivity contribution is 7.89. The maximum Gasteiger partial charge on any atom is 0.251 e. The van der Waals surface area contributed by atoms with Crippen molar-refractivity contribution in [2.45, 2.75) is 13.0 Å². The molecule has 1 saturated heterocycles. The fraction of sp³-hybridized carbons (Fsp3) is 0.533. The van der Waals surface area contributed by atoms with Crippen molar-refractivity contribution in [2.75, 3.05) is 33.1 Å². The predicted molar refractivity (Wildman–Crippen MR) is 84.2 cm³/mol. The summed E-state index contributed by atoms with van der Waals surface area (Å²) in [6.07, 6.45) is 0. The van der Waals surface area contributed by atoms with E-state index in [4.69, 9.17) is 4.74 Å². The molecule has 0 aliphatic carbocycles. The number of nitrogens with zero attached hydrogens (tertiary/aromatic N) is 1. The minimum absolute atomic E-state index is 0.0899. The minimum atomic E-state index is -3.37. The number of nitrogens with one attached hydrogen (secondary N) is 1. The lowest BCUT2D eigenvalue weighted by Gasteiger charge is -2.21. The average molecular weight is 344 g/mol. The third-order valence-corrected chi connectivity index (χ3v) is 5.88. The summed E-state index contributed by atoms with van der Waals surface area (Å²) in [5.41, 5.74) is 0.720. The van der Waals surface area contributed by atoms with Crippen molar-refractivity contribution in [2.24, 2.45) is 5.92 Å². The smallest absolute Gasteiger partial charge is 0.251 e. The van der Waals surface area contributed by atoms with Gasteiger partial charge in [-0.05, 0) is 30.7 Å². The summed E-state index contributed by atoms with van der Waals surface area (Å²) in [6, 6.07) is 3.72. The molecular weight excluding hydrogens is 323 g/mol. The summed E-state index contributed by atoms with van der Waals surface area (Å²) in [5.74, 6) is -1.14. The molecule has 23 heavy (non-hydrogen) atoms. The topological polar surface area (TPSA) is 75.7 Å². The number of rotatable bonds is 5. The molecular formula is C15H21FN2O4S. The fourth-order valence-electron chi connectivity index (χ4n) is 2.38. The van der Waals surface area contributed by atoms with Crippen LogP contribution in [0.4, 0.5) is 4.39 Å². The molecule has 1 N–H and O–H groups in total. The largest absolute Gasteiger partial charge is 0.379 e. The molecule has 1 aromatic carbocycles. The van der Waals surface area contributed by atoms with Crippen LogP contribution < -0.4 is 5.32 Å². The highest BCUT2D eigenvalue weighted by atomic mass is 32.2. The van der Waals surface area contributed by atoms with Crippen LogP contribution in [0, 0.1) is 18.7 Å². The Morgan fingerprint density at radius 1 is 1.39 bits per heavy atom. The predicted octanol–water partition coefficient (Wildman–Crippen LogP) is 0.770. The number of amides is 1. The van der Waals surface area contributed by atoms with Gasteiger partial charge in [0, 0.05) is 25.6 Å². The van der Waals surface area contributed by atoms with Crippen molar-refractivity contribution in [3.05, 3.63) is 35.1 Å². The molecule has 1 aliphatic rings. The van der Waals surface area contributed by atoms with Gasteiger partial charge >= 0.3 is 0 Å². The molecule has 1 aromatic rings. The van der Waals surface area contributed by atoms with Crippen molar-refractivity contribution in [1.29, 1.82) is 0 Å². The third kappa shape index (κ3) is 4.27. The van der Waals surface area contributed by atoms with Gasteiger partial charge < -0.3 is 10.1 Å². The molecule has 6 nitrogen and oxygen atoms in total. The third-order valence-electron chi connectivity index (χ3n) is 3.92. The number of aryl methyl sites for hydroxylation is 1. The Morgan fingerprint density at radius 3 is 2.70 bits per heavy atom. The summed E-state index contributed by atoms with van der Waals surface area (Å²) in [6.45, 7) is 2.12. The van der Waals surface area contributed by atoms with E-state index < -0.39 is 10.0 Å². The quantitative estimate of drug-likeness (QED) is 0.856. The van der Waals surface area contributed by atoms with Crippen LogP contribution in [-0.4, -0.2) is 57.7 Å². The highest BCUT2D eigenvalue weighted by Crippen LogP contribution is 2.18. The number of benzene rings is 1. The Balaban J connectivity index is 2.06. The van der Waals surface area contributed by atoms with Gasteiger partial charge in [-0.15, -0.1) is 0 Å². The summed E-state index contributed by atoms with van der Waals surface area (Å²) >= 11 is 0. The number of sulfonamides is 1. The van der Waals surface area contributed by atoms with Gasteiger partial charge in [-0.3, -0.25) is 4.79 Å². The normalized spacial score (nSPS) is 21.6. The number of ether oxygens (including phenoxy) is 1. The lowest BCUT2D eigenvalue weighted by atomic mass is 10.1. The summed E-state index contributed by atoms with van der Waals surface area (Å²) < 4.78 is 43.7. The van der Waals surface area contributed by atoms with Crippen LogP contribution in [-0.2, 0) is 14.8 Å². The molecule has 0 radical (unpaired) electrons. The van der Waals surface area contributed by atoms with Crippen molar-refractivity contribution < 1.29 is 22.3 Å². The first kappa shape index (κ1) is 17.8. The van der Waals surface area contributed by atoms with Gasteiger partial charge in [0.1, 0.15) is 5.82 Å². The lowest BCUT2D eigenvalue weighted by Crippen LogP contribution is -2.43. The molecule has 0 aromatic heterocycles. The average Bonchev–Trinajstić information content (AvgIpc) is 2.88. The Hall–Kier alpha value is -1.51. The molecule has 1 aliphatic heterocycles. The number of carbonyl (C=O) groups excluding carboxylic acids is 1. The fourth-order valence-corrected chi connectivity index (χ4v) is 3.55. The Labute approximate surface area is 135 Å². The van der Waals surface area contributed by atoms with Gasteiger partial charge in [0.25, 0.3) is 5.91 Å². The second-order valence-electron chi connectivity index (χ2n) is 5.90. The van der Waals surface area contributed by atoms with Gasteiger partial charge in [-0.2, -0.15) is 0 Å². The molecule has 1 amide bonds. The Kier molecular flexibility index (Phi) is 5.38. The zero-order valence-corrected chi connectivity index (χ0v) is 14.2. The number of carbonyl (C=O) groups is 1. The van der Waals surface area contributed by atoms with Crippen molar-refractivity contribution in [3.8, 4) is 0 Å². The first-order chi connectivity index (χ1) is 10.7. The lowest BCUT2D eigenvalue weighted by molar-refractivity contribution is 0.0926. The number of hydrogen-bond donors (Lipinski definition) is 1. The second kappa shape index (κ2) is 6.94. The SMILES string of the molecule is Cc1cc(C(=O)N[C@H]2COC[C@H]2CS(=O)(=O)N(C)C)ccc1F. The number of halogens is 1. The van der Waals surface area contributed by atoms with Crippen LogP contribution in [0.1, 0.15) is 15.9 Å². The Morgan fingerprint density at radius 2 is 2.09 bits per heavy atom. The molecule has 8 heteroatoms. The molecule has 2 atom stereocenters. The zero-order chi connectivity index (χ0) is 17.2. The maximum absolute atomic E-state index is 13.3. The molecule has 0 saturated carbocycles. The summed E-state index contributed by atoms with van der Waals surface area (Å²) in [5, 5.41) is 2.78. The van der Waals surface area contributed by atoms with E-state index >= 15 is 0 Å². The van der Waals surface area contributed by atoms with E-state index in [-0.39, 0.29) is 42.7 Å². The van der Waals surface area contributed by atoms with Crippen molar-refractivity contribution in [1.82, 2.24) is 9.62 Å². The zero-order valence-electron chi connectivity index (χ0n) is 13.4. The van der Waals surface area contributed by atoms with Crippen LogP contribution in [0.3, 0.4) is 0 Å². The molecule has 0 spiro atoms. The van der Waals surface area contributed by atoms with Gasteiger partial charge in [0.05, 0.1) is 25.0 Å². The van der Waals surface area contributed by atoms with Gasteiger partial charge in [-0.1, -0.05) is 0 Å². The van der Waals surface area contributed by atoms with Gasteiger partial charge in [0.2, 0.25) is 10.0 Å². The maximum atomic E-state index is 13.3. The molecule has 0 bridgehead atoms. The van der Waals surface area contributed by atoms with Crippen LogP contribution in [0.5, 0.6) is 0 Å². The van der Waals surface area contributed by atoms with E-state index in [1.807, 2.05) is 0 Å². The van der Waals surface area contributed by atoms with E-state index in [9.17, 15) is 17.6 Å². The molecule has 1 heterocycles. The molecule has 1 fully saturated rings. The molecule has 128 valence electrons. The number of hydrogen-bond acceptors (Lipinski definition) is 4. The monoisotopic (exact) mass is 344 g/mol. The first-order valence-corrected chi connectivity index (χ1v) is 8.86. The summed E-state index contributed by atoms with van der Waals surface area (Å²) in [4.78, 5) is 12.3. The first-order valence-electron chi connectivity index (χ1n) is 7.25. The molecule has 0 unspecified atom stereocenters. The van der Waals surface area contributed by atoms with Crippen molar-refractivity contribution in [3.63, 3.8) is 0 Å². The van der Waals surface area contributed by atoms with E-state index in [1.54, 1.807) is 6.92 Å². The van der Waals surface area contributed by atoms with E-state index in [2.05, 4.69) is 5.32 Å². The van der Waals surface area contributed by atoms with Crippen LogP contribution in [0.15, 0.2) is 18.2 Å².